The van der Waals surface area contributed by atoms with Gasteiger partial charge in [0.25, 0.3) is 0 Å². The number of carboxylic acid groups (broad SMARTS) is 1. The van der Waals surface area contributed by atoms with Gasteiger partial charge in [-0.3, -0.25) is 14.5 Å². The van der Waals surface area contributed by atoms with Crippen LogP contribution in [0.5, 0.6) is 11.5 Å². The average molecular weight is 416 g/mol. The summed E-state index contributed by atoms with van der Waals surface area (Å²) in [4.78, 5) is 41.7. The molecule has 1 aromatic carbocycles. The maximum absolute atomic E-state index is 12.7. The molecule has 2 heterocycles. The lowest BCUT2D eigenvalue weighted by Crippen LogP contribution is -2.33. The van der Waals surface area contributed by atoms with Gasteiger partial charge in [-0.25, -0.2) is 9.78 Å². The van der Waals surface area contributed by atoms with E-state index in [0.717, 1.165) is 17.3 Å². The summed E-state index contributed by atoms with van der Waals surface area (Å²) in [5, 5.41) is 8.81. The number of aromatic nitrogens is 1. The van der Waals surface area contributed by atoms with Gasteiger partial charge in [0.2, 0.25) is 11.8 Å². The van der Waals surface area contributed by atoms with Crippen LogP contribution in [-0.4, -0.2) is 58.8 Å². The minimum atomic E-state index is -1.12. The standard InChI is InChI=1S/C20H20N2O6S/c1-27-14-6-5-12(10-15(14)28-2)7-9-22-17(23)11-16(19(22)24)29-18-13(20(25)26)4-3-8-21-18/h3-6,8,10,16H,7,9,11H2,1-2H3,(H,25,26)/t16-/m0/s1. The molecule has 1 aromatic heterocycles. The third kappa shape index (κ3) is 4.51. The number of methoxy groups -OCH3 is 2. The highest BCUT2D eigenvalue weighted by molar-refractivity contribution is 8.00. The van der Waals surface area contributed by atoms with Gasteiger partial charge >= 0.3 is 5.97 Å². The number of thioether (sulfide) groups is 1. The lowest BCUT2D eigenvalue weighted by atomic mass is 10.1. The van der Waals surface area contributed by atoms with Crippen LogP contribution >= 0.6 is 11.8 Å². The molecule has 2 aromatic rings. The summed E-state index contributed by atoms with van der Waals surface area (Å²) in [5.41, 5.74) is 0.916. The number of hydrogen-bond donors (Lipinski definition) is 1. The van der Waals surface area contributed by atoms with Crippen LogP contribution in [0, 0.1) is 0 Å². The zero-order valence-electron chi connectivity index (χ0n) is 16.0. The number of rotatable bonds is 8. The number of carbonyl (C=O) groups excluding carboxylic acids is 2. The van der Waals surface area contributed by atoms with E-state index in [1.54, 1.807) is 20.3 Å². The molecule has 1 N–H and O–H groups in total. The molecular weight excluding hydrogens is 396 g/mol. The molecule has 2 amide bonds. The Hall–Kier alpha value is -3.07. The van der Waals surface area contributed by atoms with E-state index in [9.17, 15) is 19.5 Å². The number of ether oxygens (including phenoxy) is 2. The van der Waals surface area contributed by atoms with E-state index in [2.05, 4.69) is 4.98 Å². The molecule has 8 nitrogen and oxygen atoms in total. The lowest BCUT2D eigenvalue weighted by Gasteiger charge is -2.16. The van der Waals surface area contributed by atoms with Crippen LogP contribution in [-0.2, 0) is 16.0 Å². The summed E-state index contributed by atoms with van der Waals surface area (Å²) in [6, 6.07) is 8.38. The van der Waals surface area contributed by atoms with E-state index in [4.69, 9.17) is 9.47 Å². The van der Waals surface area contributed by atoms with Crippen LogP contribution in [0.25, 0.3) is 0 Å². The van der Waals surface area contributed by atoms with Crippen molar-refractivity contribution in [2.45, 2.75) is 23.1 Å². The summed E-state index contributed by atoms with van der Waals surface area (Å²) in [7, 11) is 3.09. The molecule has 1 saturated heterocycles. The number of hydrogen-bond acceptors (Lipinski definition) is 7. The number of amides is 2. The van der Waals surface area contributed by atoms with Gasteiger partial charge < -0.3 is 14.6 Å². The fraction of sp³-hybridized carbons (Fsp3) is 0.300. The Bertz CT molecular complexity index is 948. The fourth-order valence-electron chi connectivity index (χ4n) is 3.04. The number of pyridine rings is 1. The molecule has 0 bridgehead atoms. The van der Waals surface area contributed by atoms with Gasteiger partial charge in [-0.15, -0.1) is 0 Å². The molecule has 0 unspecified atom stereocenters. The van der Waals surface area contributed by atoms with E-state index in [1.807, 2.05) is 12.1 Å². The van der Waals surface area contributed by atoms with Crippen molar-refractivity contribution in [3.05, 3.63) is 47.7 Å². The number of likely N-dealkylation sites (tertiary alicyclic amines) is 1. The number of carbonyl (C=O) groups is 3. The Balaban J connectivity index is 1.68. The lowest BCUT2D eigenvalue weighted by molar-refractivity contribution is -0.138. The van der Waals surface area contributed by atoms with Crippen molar-refractivity contribution in [3.63, 3.8) is 0 Å². The third-order valence-corrected chi connectivity index (χ3v) is 5.73. The van der Waals surface area contributed by atoms with Gasteiger partial charge in [-0.1, -0.05) is 17.8 Å². The molecule has 1 atom stereocenters. The largest absolute Gasteiger partial charge is 0.493 e. The first-order valence-electron chi connectivity index (χ1n) is 8.84. The average Bonchev–Trinajstić information content (AvgIpc) is 2.99. The number of nitrogens with zero attached hydrogens (tertiary/aromatic N) is 2. The summed E-state index contributed by atoms with van der Waals surface area (Å²) < 4.78 is 10.5. The van der Waals surface area contributed by atoms with Crippen molar-refractivity contribution < 1.29 is 29.0 Å². The molecular formula is C20H20N2O6S. The Morgan fingerprint density at radius 3 is 2.69 bits per heavy atom. The first kappa shape index (κ1) is 20.7. The van der Waals surface area contributed by atoms with Gasteiger partial charge in [0, 0.05) is 19.2 Å². The fourth-order valence-corrected chi connectivity index (χ4v) is 4.17. The van der Waals surface area contributed by atoms with Gasteiger partial charge in [0.1, 0.15) is 5.03 Å². The molecule has 1 aliphatic rings. The Morgan fingerprint density at radius 1 is 1.24 bits per heavy atom. The molecule has 1 fully saturated rings. The molecule has 29 heavy (non-hydrogen) atoms. The topological polar surface area (TPSA) is 106 Å². The molecule has 1 aliphatic heterocycles. The first-order chi connectivity index (χ1) is 13.9. The Kier molecular flexibility index (Phi) is 6.38. The number of carboxylic acids is 1. The highest BCUT2D eigenvalue weighted by Crippen LogP contribution is 2.33. The van der Waals surface area contributed by atoms with E-state index in [1.165, 1.54) is 23.2 Å². The molecule has 152 valence electrons. The Morgan fingerprint density at radius 2 is 2.00 bits per heavy atom. The molecule has 3 rings (SSSR count). The summed E-state index contributed by atoms with van der Waals surface area (Å²) in [6.45, 7) is 0.234. The van der Waals surface area contributed by atoms with Gasteiger partial charge in [0.05, 0.1) is 25.0 Å². The smallest absolute Gasteiger partial charge is 0.338 e. The predicted molar refractivity (Wildman–Crippen MR) is 105 cm³/mol. The highest BCUT2D eigenvalue weighted by atomic mass is 32.2. The van der Waals surface area contributed by atoms with Crippen LogP contribution in [0.4, 0.5) is 0 Å². The SMILES string of the molecule is COc1ccc(CCN2C(=O)C[C@H](Sc3ncccc3C(=O)O)C2=O)cc1OC. The van der Waals surface area contributed by atoms with Crippen molar-refractivity contribution in [1.82, 2.24) is 9.88 Å². The first-order valence-corrected chi connectivity index (χ1v) is 9.72. The molecule has 0 aliphatic carbocycles. The monoisotopic (exact) mass is 416 g/mol. The molecule has 0 radical (unpaired) electrons. The second-order valence-electron chi connectivity index (χ2n) is 6.29. The van der Waals surface area contributed by atoms with Gasteiger partial charge in [-0.05, 0) is 36.2 Å². The van der Waals surface area contributed by atoms with Crippen LogP contribution in [0.2, 0.25) is 0 Å². The van der Waals surface area contributed by atoms with Crippen LogP contribution in [0.3, 0.4) is 0 Å². The minimum Gasteiger partial charge on any atom is -0.493 e. The maximum atomic E-state index is 12.7. The van der Waals surface area contributed by atoms with Crippen LogP contribution in [0.15, 0.2) is 41.6 Å². The zero-order chi connectivity index (χ0) is 21.0. The van der Waals surface area contributed by atoms with Gasteiger partial charge in [-0.2, -0.15) is 0 Å². The third-order valence-electron chi connectivity index (χ3n) is 4.53. The van der Waals surface area contributed by atoms with Crippen molar-refractivity contribution in [2.24, 2.45) is 0 Å². The minimum absolute atomic E-state index is 0.0153. The Labute approximate surface area is 171 Å². The normalized spacial score (nSPS) is 16.2. The van der Waals surface area contributed by atoms with Crippen molar-refractivity contribution in [2.75, 3.05) is 20.8 Å². The zero-order valence-corrected chi connectivity index (χ0v) is 16.8. The van der Waals surface area contributed by atoms with E-state index in [0.29, 0.717) is 17.9 Å². The van der Waals surface area contributed by atoms with Crippen LogP contribution < -0.4 is 9.47 Å². The predicted octanol–water partition coefficient (Wildman–Crippen LogP) is 2.26. The second kappa shape index (κ2) is 8.95. The number of aromatic carboxylic acids is 1. The van der Waals surface area contributed by atoms with Crippen molar-refractivity contribution in [3.8, 4) is 11.5 Å². The van der Waals surface area contributed by atoms with E-state index < -0.39 is 11.2 Å². The summed E-state index contributed by atoms with van der Waals surface area (Å²) >= 11 is 1.01. The second-order valence-corrected chi connectivity index (χ2v) is 7.49. The van der Waals surface area contributed by atoms with Gasteiger partial charge in [0.15, 0.2) is 11.5 Å². The molecule has 0 spiro atoms. The van der Waals surface area contributed by atoms with E-state index in [-0.39, 0.29) is 35.4 Å². The molecule has 0 saturated carbocycles. The number of benzene rings is 1. The maximum Gasteiger partial charge on any atom is 0.338 e. The number of imide groups is 1. The highest BCUT2D eigenvalue weighted by Gasteiger charge is 2.39. The van der Waals surface area contributed by atoms with Crippen LogP contribution in [0.1, 0.15) is 22.3 Å². The van der Waals surface area contributed by atoms with E-state index >= 15 is 0 Å². The summed E-state index contributed by atoms with van der Waals surface area (Å²) in [6.07, 6.45) is 1.95. The van der Waals surface area contributed by atoms with Crippen molar-refractivity contribution in [1.29, 1.82) is 0 Å². The molecule has 9 heteroatoms. The summed E-state index contributed by atoms with van der Waals surface area (Å²) in [5.74, 6) is -0.551. The quantitative estimate of drug-likeness (QED) is 0.653. The van der Waals surface area contributed by atoms with Crippen molar-refractivity contribution >= 4 is 29.5 Å².